The molecule has 0 unspecified atom stereocenters. The highest BCUT2D eigenvalue weighted by Gasteiger charge is 2.27. The monoisotopic (exact) mass is 1270 g/mol. The molecule has 0 saturated carbocycles. The summed E-state index contributed by atoms with van der Waals surface area (Å²) in [7, 11) is 1.64. The van der Waals surface area contributed by atoms with Gasteiger partial charge >= 0.3 is 12.2 Å². The Morgan fingerprint density at radius 2 is 0.854 bits per heavy atom. The molecular formula is C59H94N4O26. The molecule has 0 aliphatic heterocycles. The number of carboxylic acid groups (broad SMARTS) is 1. The van der Waals surface area contributed by atoms with Crippen molar-refractivity contribution in [3.63, 3.8) is 0 Å². The summed E-state index contributed by atoms with van der Waals surface area (Å²) in [4.78, 5) is 59.9. The van der Waals surface area contributed by atoms with Crippen LogP contribution in [0.4, 0.5) is 21.0 Å². The van der Waals surface area contributed by atoms with E-state index in [0.29, 0.717) is 215 Å². The molecule has 0 spiro atoms. The Hall–Kier alpha value is -5.80. The Labute approximate surface area is 521 Å². The van der Waals surface area contributed by atoms with Crippen molar-refractivity contribution >= 4 is 35.4 Å². The first-order valence-corrected chi connectivity index (χ1v) is 29.5. The number of hydrogen-bond donors (Lipinski definition) is 4. The summed E-state index contributed by atoms with van der Waals surface area (Å²) >= 11 is 0. The molecule has 2 aromatic rings. The van der Waals surface area contributed by atoms with Crippen LogP contribution in [0.1, 0.15) is 31.9 Å². The second-order valence-corrected chi connectivity index (χ2v) is 18.7. The van der Waals surface area contributed by atoms with Gasteiger partial charge in [-0.05, 0) is 37.1 Å². The number of nitrogens with one attached hydrogen (secondary N) is 3. The summed E-state index contributed by atoms with van der Waals surface area (Å²) in [5.41, 5.74) is 0.894. The molecule has 0 aliphatic carbocycles. The second-order valence-electron chi connectivity index (χ2n) is 18.7. The maximum absolute atomic E-state index is 13.1. The number of rotatable bonds is 59. The topological polar surface area (TPSA) is 343 Å². The van der Waals surface area contributed by atoms with Crippen LogP contribution in [0.3, 0.4) is 0 Å². The van der Waals surface area contributed by atoms with Crippen LogP contribution in [-0.2, 0) is 101 Å². The molecule has 2 aromatic carbocycles. The molecule has 0 aromatic heterocycles. The maximum atomic E-state index is 13.1. The zero-order valence-corrected chi connectivity index (χ0v) is 51.9. The molecule has 0 saturated heterocycles. The third kappa shape index (κ3) is 46.0. The van der Waals surface area contributed by atoms with Gasteiger partial charge < -0.3 is 111 Å². The third-order valence-corrected chi connectivity index (χ3v) is 11.4. The fourth-order valence-corrected chi connectivity index (χ4v) is 6.78. The van der Waals surface area contributed by atoms with Crippen LogP contribution >= 0.6 is 0 Å². The van der Waals surface area contributed by atoms with E-state index in [1.807, 2.05) is 0 Å². The Bertz CT molecular complexity index is 2190. The standard InChI is InChI=1S/C59H94N4O26/c1-48(2)55(62-58(66)67)57(65)60-49(3)56(64)61-52-8-7-51(47-88-59(68)89-54-11-9-53(10-12-54)63(69)70)50(46-52)6-5-13-72-16-17-74-20-21-76-24-25-78-28-29-80-32-33-82-36-37-84-40-41-86-44-45-87-43-42-85-39-38-83-35-34-81-31-30-79-27-26-77-23-22-75-19-18-73-15-14-71-4/h7-12,46,48-49,55,62H,13-45,47H2,1-4H3,(H,60,65)(H,61,64)(H,66,67)/t49-,55-/m0/s1. The second kappa shape index (κ2) is 56.2. The molecular weight excluding hydrogens is 1180 g/mol. The lowest BCUT2D eigenvalue weighted by Crippen LogP contribution is -2.53. The van der Waals surface area contributed by atoms with E-state index in [4.69, 9.17) is 95.1 Å². The fourth-order valence-electron chi connectivity index (χ4n) is 6.78. The highest BCUT2D eigenvalue weighted by molar-refractivity contribution is 5.98. The number of nitro benzene ring substituents is 1. The average Bonchev–Trinajstić information content (AvgIpc) is 3.72. The molecule has 2 atom stereocenters. The van der Waals surface area contributed by atoms with Crippen LogP contribution in [0.15, 0.2) is 42.5 Å². The number of anilines is 1. The van der Waals surface area contributed by atoms with Crippen LogP contribution in [0.2, 0.25) is 0 Å². The van der Waals surface area contributed by atoms with Crippen molar-refractivity contribution in [3.05, 3.63) is 63.7 Å². The number of carbonyl (C=O) groups is 4. The predicted octanol–water partition coefficient (Wildman–Crippen LogP) is 3.31. The molecule has 0 heterocycles. The first-order chi connectivity index (χ1) is 43.4. The minimum Gasteiger partial charge on any atom is -0.465 e. The number of ether oxygens (including phenoxy) is 19. The van der Waals surface area contributed by atoms with Crippen molar-refractivity contribution < 1.29 is 119 Å². The molecule has 0 fully saturated rings. The van der Waals surface area contributed by atoms with Crippen molar-refractivity contribution in [2.45, 2.75) is 39.5 Å². The number of nitro groups is 1. The number of non-ortho nitro benzene ring substituents is 1. The van der Waals surface area contributed by atoms with Crippen molar-refractivity contribution in [2.24, 2.45) is 5.92 Å². The summed E-state index contributed by atoms with van der Waals surface area (Å²) in [6.45, 7) is 18.8. The van der Waals surface area contributed by atoms with E-state index in [-0.39, 0.29) is 43.8 Å². The number of methoxy groups -OCH3 is 1. The van der Waals surface area contributed by atoms with Crippen molar-refractivity contribution in [2.75, 3.05) is 230 Å². The smallest absolute Gasteiger partial charge is 0.465 e. The summed E-state index contributed by atoms with van der Waals surface area (Å²) < 4.78 is 103. The van der Waals surface area contributed by atoms with Crippen molar-refractivity contribution in [1.82, 2.24) is 10.6 Å². The van der Waals surface area contributed by atoms with Gasteiger partial charge in [0.15, 0.2) is 0 Å². The van der Waals surface area contributed by atoms with E-state index in [0.717, 1.165) is 0 Å². The lowest BCUT2D eigenvalue weighted by molar-refractivity contribution is -0.384. The van der Waals surface area contributed by atoms with E-state index in [1.165, 1.54) is 43.3 Å². The van der Waals surface area contributed by atoms with Crippen LogP contribution in [0.5, 0.6) is 5.75 Å². The lowest BCUT2D eigenvalue weighted by atomic mass is 10.0. The van der Waals surface area contributed by atoms with Gasteiger partial charge in [0, 0.05) is 36.1 Å². The highest BCUT2D eigenvalue weighted by Crippen LogP contribution is 2.20. The summed E-state index contributed by atoms with van der Waals surface area (Å²) in [6.07, 6.45) is -2.46. The van der Waals surface area contributed by atoms with E-state index < -0.39 is 41.1 Å². The zero-order chi connectivity index (χ0) is 64.5. The average molecular weight is 1280 g/mol. The Balaban J connectivity index is 1.40. The normalized spacial score (nSPS) is 11.9. The van der Waals surface area contributed by atoms with Gasteiger partial charge in [-0.15, -0.1) is 0 Å². The van der Waals surface area contributed by atoms with Gasteiger partial charge in [0.1, 0.15) is 31.0 Å². The van der Waals surface area contributed by atoms with Gasteiger partial charge in [-0.1, -0.05) is 31.8 Å². The van der Waals surface area contributed by atoms with Gasteiger partial charge in [-0.25, -0.2) is 9.59 Å². The first kappa shape index (κ1) is 79.3. The molecule has 4 N–H and O–H groups in total. The maximum Gasteiger partial charge on any atom is 0.514 e. The predicted molar refractivity (Wildman–Crippen MR) is 318 cm³/mol. The van der Waals surface area contributed by atoms with Gasteiger partial charge in [0.25, 0.3) is 5.69 Å². The molecule has 506 valence electrons. The molecule has 30 nitrogen and oxygen atoms in total. The molecule has 0 aliphatic rings. The van der Waals surface area contributed by atoms with Gasteiger partial charge in [-0.3, -0.25) is 19.7 Å². The lowest BCUT2D eigenvalue weighted by Gasteiger charge is -2.22. The quantitative estimate of drug-likeness (QED) is 0.0184. The van der Waals surface area contributed by atoms with Crippen LogP contribution in [0, 0.1) is 27.9 Å². The third-order valence-electron chi connectivity index (χ3n) is 11.4. The largest absolute Gasteiger partial charge is 0.514 e. The van der Waals surface area contributed by atoms with Gasteiger partial charge in [-0.2, -0.15) is 0 Å². The molecule has 89 heavy (non-hydrogen) atoms. The minimum absolute atomic E-state index is 0.00206. The summed E-state index contributed by atoms with van der Waals surface area (Å²) in [5.74, 6) is 4.19. The Morgan fingerprint density at radius 3 is 1.19 bits per heavy atom. The van der Waals surface area contributed by atoms with Crippen LogP contribution in [-0.4, -0.2) is 271 Å². The van der Waals surface area contributed by atoms with E-state index in [9.17, 15) is 29.3 Å². The summed E-state index contributed by atoms with van der Waals surface area (Å²) in [5, 5.41) is 27.4. The molecule has 0 bridgehead atoms. The SMILES string of the molecule is COCCOCCOCCOCCOCCOCCOCCOCCOCCOCCOCCOCCOCCOCCOCCOCCOCC#Cc1cc(NC(=O)[C@H](C)NC(=O)[C@@H](NC(=O)O)C(C)C)ccc1COC(=O)Oc1ccc([N+](=O)[O-])cc1. The van der Waals surface area contributed by atoms with E-state index >= 15 is 0 Å². The Kier molecular flexibility index (Phi) is 50.1. The number of benzene rings is 2. The number of carbonyl (C=O) groups excluding carboxylic acids is 3. The van der Waals surface area contributed by atoms with Crippen molar-refractivity contribution in [1.29, 1.82) is 0 Å². The number of amides is 3. The van der Waals surface area contributed by atoms with Crippen molar-refractivity contribution in [3.8, 4) is 17.6 Å². The minimum atomic E-state index is -1.38. The molecule has 30 heteroatoms. The Morgan fingerprint density at radius 1 is 0.494 bits per heavy atom. The van der Waals surface area contributed by atoms with E-state index in [1.54, 1.807) is 27.0 Å². The zero-order valence-electron chi connectivity index (χ0n) is 51.9. The molecule has 0 radical (unpaired) electrons. The van der Waals surface area contributed by atoms with Crippen LogP contribution < -0.4 is 20.7 Å². The number of nitrogens with zero attached hydrogens (tertiary/aromatic N) is 1. The van der Waals surface area contributed by atoms with Crippen LogP contribution in [0.25, 0.3) is 0 Å². The fraction of sp³-hybridized carbons (Fsp3) is 0.695. The van der Waals surface area contributed by atoms with E-state index in [2.05, 4.69) is 27.8 Å². The molecule has 2 rings (SSSR count). The number of hydrogen-bond acceptors (Lipinski definition) is 25. The highest BCUT2D eigenvalue weighted by atomic mass is 16.7. The van der Waals surface area contributed by atoms with Gasteiger partial charge in [0.05, 0.1) is 216 Å². The summed E-state index contributed by atoms with van der Waals surface area (Å²) in [6, 6.07) is 7.34. The first-order valence-electron chi connectivity index (χ1n) is 29.5. The molecule has 3 amide bonds. The van der Waals surface area contributed by atoms with Gasteiger partial charge in [0.2, 0.25) is 11.8 Å².